The van der Waals surface area contributed by atoms with Crippen LogP contribution >= 0.6 is 0 Å². The van der Waals surface area contributed by atoms with Crippen LogP contribution in [0.5, 0.6) is 0 Å². The summed E-state index contributed by atoms with van der Waals surface area (Å²) in [4.78, 5) is 4.13. The summed E-state index contributed by atoms with van der Waals surface area (Å²) in [6, 6.07) is 7.96. The first-order valence-electron chi connectivity index (χ1n) is 5.73. The molecular weight excluding hydrogens is 269 g/mol. The molecule has 0 aliphatic carbocycles. The maximum atomic E-state index is 12.6. The minimum atomic E-state index is -4.48. The summed E-state index contributed by atoms with van der Waals surface area (Å²) < 4.78 is 39.0. The Balaban J connectivity index is 2.24. The number of fused-ring (bicyclic) bond motifs is 1. The molecule has 2 N–H and O–H groups in total. The summed E-state index contributed by atoms with van der Waals surface area (Å²) in [6.45, 7) is 0. The van der Waals surface area contributed by atoms with Gasteiger partial charge in [-0.3, -0.25) is 4.98 Å². The van der Waals surface area contributed by atoms with E-state index in [0.717, 1.165) is 10.7 Å². The second-order valence-electron chi connectivity index (χ2n) is 4.22. The van der Waals surface area contributed by atoms with Crippen molar-refractivity contribution < 1.29 is 13.2 Å². The van der Waals surface area contributed by atoms with Crippen molar-refractivity contribution in [2.24, 2.45) is 0 Å². The zero-order valence-electron chi connectivity index (χ0n) is 10.1. The highest BCUT2D eigenvalue weighted by atomic mass is 19.4. The van der Waals surface area contributed by atoms with E-state index in [4.69, 9.17) is 5.73 Å². The van der Waals surface area contributed by atoms with E-state index < -0.39 is 11.9 Å². The number of pyridine rings is 1. The first-order chi connectivity index (χ1) is 9.47. The Kier molecular flexibility index (Phi) is 2.63. The fourth-order valence-corrected chi connectivity index (χ4v) is 2.00. The molecule has 0 spiro atoms. The van der Waals surface area contributed by atoms with Crippen LogP contribution in [0.25, 0.3) is 16.6 Å². The number of hydrogen-bond donors (Lipinski definition) is 1. The van der Waals surface area contributed by atoms with Crippen LogP contribution in [0.1, 0.15) is 5.69 Å². The number of rotatable bonds is 1. The lowest BCUT2D eigenvalue weighted by molar-refractivity contribution is -0.141. The third kappa shape index (κ3) is 1.97. The molecule has 102 valence electrons. The highest BCUT2D eigenvalue weighted by Gasteiger charge is 2.33. The predicted octanol–water partition coefficient (Wildman–Crippen LogP) is 3.02. The van der Waals surface area contributed by atoms with Gasteiger partial charge in [0.1, 0.15) is 0 Å². The van der Waals surface area contributed by atoms with E-state index in [-0.39, 0.29) is 5.69 Å². The molecule has 0 aliphatic rings. The molecule has 3 rings (SSSR count). The topological polar surface area (TPSA) is 56.7 Å². The predicted molar refractivity (Wildman–Crippen MR) is 68.3 cm³/mol. The average molecular weight is 278 g/mol. The van der Waals surface area contributed by atoms with Crippen LogP contribution in [0.3, 0.4) is 0 Å². The standard InChI is InChI=1S/C13H9F3N4/c14-13(15,16)11-5-6-20(19-11)12-8-3-1-2-4-10(8)18-7-9(12)17/h1-7H,17H2. The van der Waals surface area contributed by atoms with E-state index in [1.165, 1.54) is 12.4 Å². The van der Waals surface area contributed by atoms with Crippen molar-refractivity contribution in [2.45, 2.75) is 6.18 Å². The van der Waals surface area contributed by atoms with Gasteiger partial charge in [0, 0.05) is 11.6 Å². The number of aromatic nitrogens is 3. The Labute approximate surface area is 111 Å². The number of hydrogen-bond acceptors (Lipinski definition) is 3. The summed E-state index contributed by atoms with van der Waals surface area (Å²) in [5, 5.41) is 4.19. The van der Waals surface area contributed by atoms with Gasteiger partial charge in [-0.2, -0.15) is 18.3 Å². The van der Waals surface area contributed by atoms with Crippen LogP contribution in [-0.2, 0) is 6.18 Å². The van der Waals surface area contributed by atoms with Gasteiger partial charge in [-0.15, -0.1) is 0 Å². The molecule has 0 unspecified atom stereocenters. The van der Waals surface area contributed by atoms with Gasteiger partial charge in [0.25, 0.3) is 0 Å². The number of para-hydroxylation sites is 1. The molecule has 0 radical (unpaired) electrons. The molecule has 0 amide bonds. The van der Waals surface area contributed by atoms with Crippen molar-refractivity contribution in [3.8, 4) is 5.69 Å². The lowest BCUT2D eigenvalue weighted by atomic mass is 10.1. The van der Waals surface area contributed by atoms with Crippen LogP contribution in [0.15, 0.2) is 42.7 Å². The van der Waals surface area contributed by atoms with Gasteiger partial charge in [-0.1, -0.05) is 18.2 Å². The Morgan fingerprint density at radius 1 is 1.10 bits per heavy atom. The quantitative estimate of drug-likeness (QED) is 0.744. The Hall–Kier alpha value is -2.57. The van der Waals surface area contributed by atoms with Crippen molar-refractivity contribution in [3.05, 3.63) is 48.4 Å². The molecule has 0 saturated carbocycles. The molecule has 4 nitrogen and oxygen atoms in total. The van der Waals surface area contributed by atoms with E-state index in [1.807, 2.05) is 0 Å². The normalized spacial score (nSPS) is 11.9. The van der Waals surface area contributed by atoms with E-state index in [2.05, 4.69) is 10.1 Å². The molecule has 20 heavy (non-hydrogen) atoms. The van der Waals surface area contributed by atoms with Crippen molar-refractivity contribution in [1.82, 2.24) is 14.8 Å². The zero-order valence-corrected chi connectivity index (χ0v) is 10.1. The molecule has 0 saturated heterocycles. The van der Waals surface area contributed by atoms with Crippen LogP contribution in [0.2, 0.25) is 0 Å². The van der Waals surface area contributed by atoms with E-state index >= 15 is 0 Å². The Bertz CT molecular complexity index is 777. The van der Waals surface area contributed by atoms with Crippen LogP contribution in [0, 0.1) is 0 Å². The zero-order chi connectivity index (χ0) is 14.3. The van der Waals surface area contributed by atoms with Crippen LogP contribution in [-0.4, -0.2) is 14.8 Å². The lowest BCUT2D eigenvalue weighted by Crippen LogP contribution is -2.08. The summed E-state index contributed by atoms with van der Waals surface area (Å²) >= 11 is 0. The number of nitrogen functional groups attached to an aromatic ring is 1. The summed E-state index contributed by atoms with van der Waals surface area (Å²) in [5.74, 6) is 0. The van der Waals surface area contributed by atoms with E-state index in [0.29, 0.717) is 16.6 Å². The third-order valence-corrected chi connectivity index (χ3v) is 2.88. The van der Waals surface area contributed by atoms with Crippen molar-refractivity contribution in [1.29, 1.82) is 0 Å². The number of benzene rings is 1. The SMILES string of the molecule is Nc1cnc2ccccc2c1-n1ccc(C(F)(F)F)n1. The first-order valence-corrected chi connectivity index (χ1v) is 5.73. The van der Waals surface area contributed by atoms with Crippen molar-refractivity contribution >= 4 is 16.6 Å². The second kappa shape index (κ2) is 4.22. The van der Waals surface area contributed by atoms with Gasteiger partial charge < -0.3 is 5.73 Å². The maximum Gasteiger partial charge on any atom is 0.435 e. The van der Waals surface area contributed by atoms with Crippen LogP contribution < -0.4 is 5.73 Å². The fourth-order valence-electron chi connectivity index (χ4n) is 2.00. The highest BCUT2D eigenvalue weighted by Crippen LogP contribution is 2.30. The van der Waals surface area contributed by atoms with Gasteiger partial charge in [0.05, 0.1) is 23.1 Å². The smallest absolute Gasteiger partial charge is 0.396 e. The monoisotopic (exact) mass is 278 g/mol. The van der Waals surface area contributed by atoms with E-state index in [9.17, 15) is 13.2 Å². The number of anilines is 1. The molecule has 7 heteroatoms. The number of halogens is 3. The van der Waals surface area contributed by atoms with Gasteiger partial charge in [-0.05, 0) is 12.1 Å². The maximum absolute atomic E-state index is 12.6. The minimum absolute atomic E-state index is 0.264. The Morgan fingerprint density at radius 3 is 2.55 bits per heavy atom. The molecule has 1 aromatic carbocycles. The van der Waals surface area contributed by atoms with Gasteiger partial charge in [-0.25, -0.2) is 4.68 Å². The molecular formula is C13H9F3N4. The fraction of sp³-hybridized carbons (Fsp3) is 0.0769. The second-order valence-corrected chi connectivity index (χ2v) is 4.22. The van der Waals surface area contributed by atoms with Gasteiger partial charge >= 0.3 is 6.18 Å². The van der Waals surface area contributed by atoms with Gasteiger partial charge in [0.15, 0.2) is 5.69 Å². The molecule has 3 aromatic rings. The number of nitrogens with zero attached hydrogens (tertiary/aromatic N) is 3. The average Bonchev–Trinajstić information content (AvgIpc) is 2.88. The summed E-state index contributed by atoms with van der Waals surface area (Å²) in [6.07, 6.45) is -1.84. The van der Waals surface area contributed by atoms with Crippen LogP contribution in [0.4, 0.5) is 18.9 Å². The first kappa shape index (κ1) is 12.5. The third-order valence-electron chi connectivity index (χ3n) is 2.88. The molecule has 2 aromatic heterocycles. The molecule has 2 heterocycles. The molecule has 0 atom stereocenters. The highest BCUT2D eigenvalue weighted by molar-refractivity contribution is 5.91. The Morgan fingerprint density at radius 2 is 1.85 bits per heavy atom. The molecule has 0 aliphatic heterocycles. The summed E-state index contributed by atoms with van der Waals surface area (Å²) in [5.41, 5.74) is 6.17. The van der Waals surface area contributed by atoms with Gasteiger partial charge in [0.2, 0.25) is 0 Å². The number of alkyl halides is 3. The number of nitrogens with two attached hydrogens (primary N) is 1. The molecule has 0 fully saturated rings. The molecule has 0 bridgehead atoms. The largest absolute Gasteiger partial charge is 0.435 e. The summed E-state index contributed by atoms with van der Waals surface area (Å²) in [7, 11) is 0. The minimum Gasteiger partial charge on any atom is -0.396 e. The van der Waals surface area contributed by atoms with Crippen molar-refractivity contribution in [3.63, 3.8) is 0 Å². The lowest BCUT2D eigenvalue weighted by Gasteiger charge is -2.09. The van der Waals surface area contributed by atoms with Crippen molar-refractivity contribution in [2.75, 3.05) is 5.73 Å². The van der Waals surface area contributed by atoms with E-state index in [1.54, 1.807) is 24.3 Å².